The number of carbonyl (C=O) groups is 2. The van der Waals surface area contributed by atoms with Gasteiger partial charge in [0.1, 0.15) is 6.04 Å². The summed E-state index contributed by atoms with van der Waals surface area (Å²) in [5.74, 6) is -0.631. The van der Waals surface area contributed by atoms with Crippen molar-refractivity contribution in [3.8, 4) is 0 Å². The third-order valence-corrected chi connectivity index (χ3v) is 9.60. The van der Waals surface area contributed by atoms with Crippen molar-refractivity contribution in [3.05, 3.63) is 101 Å². The summed E-state index contributed by atoms with van der Waals surface area (Å²) < 4.78 is 27.7. The molecule has 0 radical (unpaired) electrons. The lowest BCUT2D eigenvalue weighted by molar-refractivity contribution is -0.141. The first-order valence-corrected chi connectivity index (χ1v) is 15.8. The van der Waals surface area contributed by atoms with Crippen LogP contribution in [-0.2, 0) is 32.6 Å². The average Bonchev–Trinajstić information content (AvgIpc) is 2.97. The summed E-state index contributed by atoms with van der Waals surface area (Å²) in [4.78, 5) is 29.6. The number of carbonyl (C=O) groups excluding carboxylic acids is 2. The summed E-state index contributed by atoms with van der Waals surface area (Å²) in [6.45, 7) is 3.68. The molecule has 1 aliphatic carbocycles. The number of rotatable bonds is 11. The van der Waals surface area contributed by atoms with E-state index in [1.54, 1.807) is 29.2 Å². The van der Waals surface area contributed by atoms with Crippen LogP contribution in [0.2, 0.25) is 0 Å². The second kappa shape index (κ2) is 13.9. The van der Waals surface area contributed by atoms with Crippen LogP contribution in [0.5, 0.6) is 0 Å². The molecule has 41 heavy (non-hydrogen) atoms. The van der Waals surface area contributed by atoms with Crippen LogP contribution in [0.25, 0.3) is 0 Å². The molecule has 0 spiro atoms. The van der Waals surface area contributed by atoms with Gasteiger partial charge in [0.2, 0.25) is 21.8 Å². The number of likely N-dealkylation sites (N-methyl/N-ethyl adjacent to an activating group) is 1. The largest absolute Gasteiger partial charge is 0.352 e. The van der Waals surface area contributed by atoms with Gasteiger partial charge < -0.3 is 10.2 Å². The molecule has 4 rings (SSSR count). The number of sulfonamides is 1. The first kappa shape index (κ1) is 30.5. The maximum atomic E-state index is 14.0. The van der Waals surface area contributed by atoms with Gasteiger partial charge in [0, 0.05) is 26.1 Å². The molecule has 0 saturated heterocycles. The standard InChI is InChI=1S/C33H41N3O4S/c1-25-14-18-28(19-15-25)23-36(32(37)24-35(3)41(39,40)30-20-16-26(2)17-21-30)31(22-27-10-6-4-7-11-27)33(38)34-29-12-8-5-9-13-29/h4,6-7,10-11,14-21,29,31H,5,8-9,12-13,22-24H2,1-3H3,(H,34,38)/t31-/m0/s1. The monoisotopic (exact) mass is 575 g/mol. The molecule has 1 saturated carbocycles. The minimum absolute atomic E-state index is 0.0791. The van der Waals surface area contributed by atoms with Gasteiger partial charge in [-0.3, -0.25) is 9.59 Å². The first-order chi connectivity index (χ1) is 19.6. The van der Waals surface area contributed by atoms with E-state index in [0.717, 1.165) is 52.2 Å². The third kappa shape index (κ3) is 8.27. The molecule has 0 heterocycles. The maximum absolute atomic E-state index is 14.0. The highest BCUT2D eigenvalue weighted by Gasteiger charge is 2.34. The lowest BCUT2D eigenvalue weighted by atomic mass is 9.94. The molecule has 1 atom stereocenters. The van der Waals surface area contributed by atoms with E-state index in [2.05, 4.69) is 5.32 Å². The van der Waals surface area contributed by atoms with Crippen molar-refractivity contribution in [2.24, 2.45) is 0 Å². The number of nitrogens with one attached hydrogen (secondary N) is 1. The van der Waals surface area contributed by atoms with E-state index in [-0.39, 0.29) is 29.9 Å². The van der Waals surface area contributed by atoms with Crippen LogP contribution in [0.15, 0.2) is 83.8 Å². The van der Waals surface area contributed by atoms with E-state index in [4.69, 9.17) is 0 Å². The predicted octanol–water partition coefficient (Wildman–Crippen LogP) is 5.01. The Balaban J connectivity index is 1.65. The molecule has 0 aliphatic heterocycles. The van der Waals surface area contributed by atoms with Gasteiger partial charge in [-0.05, 0) is 49.9 Å². The normalized spacial score (nSPS) is 14.9. The van der Waals surface area contributed by atoms with E-state index in [0.29, 0.717) is 6.42 Å². The smallest absolute Gasteiger partial charge is 0.243 e. The number of amides is 2. The maximum Gasteiger partial charge on any atom is 0.243 e. The molecule has 3 aromatic carbocycles. The summed E-state index contributed by atoms with van der Waals surface area (Å²) in [7, 11) is -2.50. The number of aryl methyl sites for hydroxylation is 2. The van der Waals surface area contributed by atoms with Crippen molar-refractivity contribution in [1.29, 1.82) is 0 Å². The van der Waals surface area contributed by atoms with Crippen molar-refractivity contribution >= 4 is 21.8 Å². The van der Waals surface area contributed by atoms with Crippen molar-refractivity contribution in [2.45, 2.75) is 75.9 Å². The van der Waals surface area contributed by atoms with E-state index in [9.17, 15) is 18.0 Å². The Kier molecular flexibility index (Phi) is 10.3. The van der Waals surface area contributed by atoms with Crippen LogP contribution in [0, 0.1) is 13.8 Å². The minimum atomic E-state index is -3.91. The highest BCUT2D eigenvalue weighted by atomic mass is 32.2. The first-order valence-electron chi connectivity index (χ1n) is 14.4. The molecule has 0 bridgehead atoms. The molecule has 0 unspecified atom stereocenters. The lowest BCUT2D eigenvalue weighted by Gasteiger charge is -2.34. The van der Waals surface area contributed by atoms with Gasteiger partial charge in [-0.25, -0.2) is 8.42 Å². The number of hydrogen-bond acceptors (Lipinski definition) is 4. The van der Waals surface area contributed by atoms with Gasteiger partial charge in [-0.2, -0.15) is 4.31 Å². The van der Waals surface area contributed by atoms with E-state index in [1.807, 2.05) is 68.4 Å². The molecule has 2 amide bonds. The van der Waals surface area contributed by atoms with Crippen molar-refractivity contribution in [2.75, 3.05) is 13.6 Å². The van der Waals surface area contributed by atoms with Gasteiger partial charge in [0.15, 0.2) is 0 Å². The highest BCUT2D eigenvalue weighted by Crippen LogP contribution is 2.21. The van der Waals surface area contributed by atoms with E-state index in [1.165, 1.54) is 13.5 Å². The molecule has 0 aromatic heterocycles. The fraction of sp³-hybridized carbons (Fsp3) is 0.394. The SMILES string of the molecule is Cc1ccc(CN(C(=O)CN(C)S(=O)(=O)c2ccc(C)cc2)[C@@H](Cc2ccccc2)C(=O)NC2CCCCC2)cc1. The molecule has 1 aliphatic rings. The summed E-state index contributed by atoms with van der Waals surface area (Å²) in [5.41, 5.74) is 3.83. The Bertz CT molecular complexity index is 1400. The summed E-state index contributed by atoms with van der Waals surface area (Å²) in [5, 5.41) is 3.22. The number of hydrogen-bond donors (Lipinski definition) is 1. The molecular weight excluding hydrogens is 534 g/mol. The average molecular weight is 576 g/mol. The van der Waals surface area contributed by atoms with Crippen molar-refractivity contribution in [3.63, 3.8) is 0 Å². The molecule has 1 N–H and O–H groups in total. The molecule has 218 valence electrons. The van der Waals surface area contributed by atoms with Crippen LogP contribution < -0.4 is 5.32 Å². The highest BCUT2D eigenvalue weighted by molar-refractivity contribution is 7.89. The third-order valence-electron chi connectivity index (χ3n) is 7.78. The van der Waals surface area contributed by atoms with Gasteiger partial charge in [0.05, 0.1) is 11.4 Å². The summed E-state index contributed by atoms with van der Waals surface area (Å²) in [6, 6.07) is 23.3. The topological polar surface area (TPSA) is 86.8 Å². The molecular formula is C33H41N3O4S. The Hall–Kier alpha value is -3.49. The molecule has 8 heteroatoms. The van der Waals surface area contributed by atoms with Gasteiger partial charge in [-0.1, -0.05) is 97.1 Å². The lowest BCUT2D eigenvalue weighted by Crippen LogP contribution is -2.54. The number of nitrogens with zero attached hydrogens (tertiary/aromatic N) is 2. The van der Waals surface area contributed by atoms with Crippen molar-refractivity contribution < 1.29 is 18.0 Å². The van der Waals surface area contributed by atoms with Crippen LogP contribution in [0.1, 0.15) is 54.4 Å². The summed E-state index contributed by atoms with van der Waals surface area (Å²) in [6.07, 6.45) is 5.48. The zero-order valence-electron chi connectivity index (χ0n) is 24.3. The van der Waals surface area contributed by atoms with Crippen LogP contribution >= 0.6 is 0 Å². The van der Waals surface area contributed by atoms with Gasteiger partial charge >= 0.3 is 0 Å². The number of benzene rings is 3. The van der Waals surface area contributed by atoms with Crippen LogP contribution in [-0.4, -0.2) is 55.1 Å². The Labute approximate surface area is 244 Å². The summed E-state index contributed by atoms with van der Waals surface area (Å²) >= 11 is 0. The second-order valence-corrected chi connectivity index (χ2v) is 13.2. The molecule has 3 aromatic rings. The Morgan fingerprint density at radius 1 is 0.829 bits per heavy atom. The second-order valence-electron chi connectivity index (χ2n) is 11.1. The quantitative estimate of drug-likeness (QED) is 0.348. The van der Waals surface area contributed by atoms with Gasteiger partial charge in [0.25, 0.3) is 0 Å². The Morgan fingerprint density at radius 3 is 2.02 bits per heavy atom. The zero-order chi connectivity index (χ0) is 29.4. The van der Waals surface area contributed by atoms with Crippen LogP contribution in [0.4, 0.5) is 0 Å². The zero-order valence-corrected chi connectivity index (χ0v) is 25.1. The molecule has 7 nitrogen and oxygen atoms in total. The van der Waals surface area contributed by atoms with E-state index >= 15 is 0 Å². The fourth-order valence-electron chi connectivity index (χ4n) is 5.24. The predicted molar refractivity (Wildman–Crippen MR) is 162 cm³/mol. The van der Waals surface area contributed by atoms with Crippen molar-refractivity contribution in [1.82, 2.24) is 14.5 Å². The van der Waals surface area contributed by atoms with E-state index < -0.39 is 22.0 Å². The Morgan fingerprint density at radius 2 is 1.41 bits per heavy atom. The minimum Gasteiger partial charge on any atom is -0.352 e. The molecule has 1 fully saturated rings. The van der Waals surface area contributed by atoms with Crippen LogP contribution in [0.3, 0.4) is 0 Å². The fourth-order valence-corrected chi connectivity index (χ4v) is 6.37. The van der Waals surface area contributed by atoms with Gasteiger partial charge in [-0.15, -0.1) is 0 Å².